The maximum absolute atomic E-state index is 14.0. The molecular weight excluding hydrogens is 484 g/mol. The fourth-order valence-electron chi connectivity index (χ4n) is 3.75. The first-order valence-electron chi connectivity index (χ1n) is 10.9. The largest absolute Gasteiger partial charge is 0.494 e. The van der Waals surface area contributed by atoms with Crippen LogP contribution in [0.4, 0.5) is 23.4 Å². The van der Waals surface area contributed by atoms with Gasteiger partial charge in [0.1, 0.15) is 6.61 Å². The van der Waals surface area contributed by atoms with Gasteiger partial charge in [-0.15, -0.1) is 5.10 Å². The molecule has 1 atom stereocenters. The molecule has 1 fully saturated rings. The molecular formula is C24H22F4N4O4. The Morgan fingerprint density at radius 2 is 2.03 bits per heavy atom. The number of amides is 2. The van der Waals surface area contributed by atoms with Crippen LogP contribution >= 0.6 is 0 Å². The molecule has 0 bridgehead atoms. The Balaban J connectivity index is 1.67. The molecule has 2 heterocycles. The molecule has 1 aliphatic heterocycles. The van der Waals surface area contributed by atoms with E-state index in [0.29, 0.717) is 22.5 Å². The molecule has 2 amide bonds. The maximum Gasteiger partial charge on any atom is 0.411 e. The number of aromatic nitrogens is 2. The van der Waals surface area contributed by atoms with Crippen molar-refractivity contribution >= 4 is 17.6 Å². The molecule has 0 unspecified atom stereocenters. The number of methoxy groups -OCH3 is 1. The van der Waals surface area contributed by atoms with E-state index in [1.165, 1.54) is 30.0 Å². The Morgan fingerprint density at radius 3 is 2.72 bits per heavy atom. The van der Waals surface area contributed by atoms with Gasteiger partial charge >= 0.3 is 6.18 Å². The molecule has 1 aromatic heterocycles. The minimum absolute atomic E-state index is 0.0237. The average Bonchev–Trinajstić information content (AvgIpc) is 3.45. The highest BCUT2D eigenvalue weighted by Gasteiger charge is 2.29. The minimum Gasteiger partial charge on any atom is -0.494 e. The maximum atomic E-state index is 14.0. The summed E-state index contributed by atoms with van der Waals surface area (Å²) in [6.07, 6.45) is -4.38. The van der Waals surface area contributed by atoms with E-state index in [9.17, 15) is 27.2 Å². The van der Waals surface area contributed by atoms with Crippen LogP contribution in [0.2, 0.25) is 0 Å². The van der Waals surface area contributed by atoms with E-state index in [0.717, 1.165) is 0 Å². The number of nitrogens with zero attached hydrogens (tertiary/aromatic N) is 2. The Hall–Kier alpha value is -3.93. The SMILES string of the molecule is COc1cc(-n2nc(NC(=O)[C@@H]3CNC(=O)C3)cc2-c2cccc(COCC(F)(F)F)c2)ccc1F. The first-order valence-corrected chi connectivity index (χ1v) is 10.9. The second-order valence-electron chi connectivity index (χ2n) is 8.15. The number of carbonyl (C=O) groups excluding carboxylic acids is 2. The number of carbonyl (C=O) groups is 2. The molecule has 8 nitrogen and oxygen atoms in total. The van der Waals surface area contributed by atoms with E-state index in [2.05, 4.69) is 15.7 Å². The Morgan fingerprint density at radius 1 is 1.22 bits per heavy atom. The zero-order valence-corrected chi connectivity index (χ0v) is 19.1. The number of alkyl halides is 3. The highest BCUT2D eigenvalue weighted by atomic mass is 19.4. The van der Waals surface area contributed by atoms with Crippen LogP contribution in [-0.2, 0) is 20.9 Å². The van der Waals surface area contributed by atoms with Gasteiger partial charge in [0.05, 0.1) is 31.0 Å². The standard InChI is InChI=1S/C24H22F4N4O4/c1-35-20-9-17(5-6-18(20)25)32-19(10-21(31-32)30-23(34)16-8-22(33)29-11-16)15-4-2-3-14(7-15)12-36-13-24(26,27)28/h2-7,9-10,16H,8,11-13H2,1H3,(H,29,33)(H,30,31,34)/t16-/m0/s1. The molecule has 2 N–H and O–H groups in total. The van der Waals surface area contributed by atoms with Crippen molar-refractivity contribution in [1.82, 2.24) is 15.1 Å². The van der Waals surface area contributed by atoms with E-state index >= 15 is 0 Å². The fourth-order valence-corrected chi connectivity index (χ4v) is 3.75. The van der Waals surface area contributed by atoms with E-state index in [1.807, 2.05) is 0 Å². The van der Waals surface area contributed by atoms with Gasteiger partial charge in [-0.05, 0) is 23.8 Å². The summed E-state index contributed by atoms with van der Waals surface area (Å²) < 4.78 is 62.6. The summed E-state index contributed by atoms with van der Waals surface area (Å²) in [7, 11) is 1.32. The molecule has 3 aromatic rings. The molecule has 2 aromatic carbocycles. The lowest BCUT2D eigenvalue weighted by molar-refractivity contribution is -0.176. The van der Waals surface area contributed by atoms with Crippen LogP contribution in [-0.4, -0.2) is 48.0 Å². The molecule has 12 heteroatoms. The zero-order chi connectivity index (χ0) is 25.9. The van der Waals surface area contributed by atoms with Crippen molar-refractivity contribution in [2.45, 2.75) is 19.2 Å². The van der Waals surface area contributed by atoms with Gasteiger partial charge in [0.25, 0.3) is 0 Å². The summed E-state index contributed by atoms with van der Waals surface area (Å²) in [6.45, 7) is -1.43. The Labute approximate surface area is 203 Å². The van der Waals surface area contributed by atoms with Crippen molar-refractivity contribution in [1.29, 1.82) is 0 Å². The lowest BCUT2D eigenvalue weighted by Gasteiger charge is -2.11. The van der Waals surface area contributed by atoms with Crippen LogP contribution < -0.4 is 15.4 Å². The summed E-state index contributed by atoms with van der Waals surface area (Å²) in [5.41, 5.74) is 1.94. The van der Waals surface area contributed by atoms with Gasteiger partial charge < -0.3 is 20.1 Å². The van der Waals surface area contributed by atoms with Crippen LogP contribution in [0.3, 0.4) is 0 Å². The van der Waals surface area contributed by atoms with Crippen molar-refractivity contribution in [3.63, 3.8) is 0 Å². The van der Waals surface area contributed by atoms with Crippen LogP contribution in [0.5, 0.6) is 5.75 Å². The van der Waals surface area contributed by atoms with Gasteiger partial charge in [0.2, 0.25) is 11.8 Å². The number of ether oxygens (including phenoxy) is 2. The number of anilines is 1. The number of nitrogens with one attached hydrogen (secondary N) is 2. The normalized spacial score (nSPS) is 15.6. The summed E-state index contributed by atoms with van der Waals surface area (Å²) in [5.74, 6) is -1.59. The monoisotopic (exact) mass is 506 g/mol. The van der Waals surface area contributed by atoms with Crippen LogP contribution in [0.15, 0.2) is 48.5 Å². The summed E-state index contributed by atoms with van der Waals surface area (Å²) in [6, 6.07) is 12.3. The minimum atomic E-state index is -4.44. The van der Waals surface area contributed by atoms with Gasteiger partial charge in [0, 0.05) is 30.7 Å². The fraction of sp³-hybridized carbons (Fsp3) is 0.292. The van der Waals surface area contributed by atoms with Gasteiger partial charge in [-0.2, -0.15) is 13.2 Å². The van der Waals surface area contributed by atoms with Crippen LogP contribution in [0.25, 0.3) is 16.9 Å². The highest BCUT2D eigenvalue weighted by molar-refractivity contribution is 5.97. The third-order valence-electron chi connectivity index (χ3n) is 5.45. The molecule has 0 aliphatic carbocycles. The van der Waals surface area contributed by atoms with Gasteiger partial charge in [-0.3, -0.25) is 9.59 Å². The summed E-state index contributed by atoms with van der Waals surface area (Å²) in [4.78, 5) is 24.1. The molecule has 1 aliphatic rings. The predicted octanol–water partition coefficient (Wildman–Crippen LogP) is 3.84. The van der Waals surface area contributed by atoms with Crippen molar-refractivity contribution in [2.75, 3.05) is 25.6 Å². The molecule has 0 radical (unpaired) electrons. The first-order chi connectivity index (χ1) is 17.1. The zero-order valence-electron chi connectivity index (χ0n) is 19.1. The van der Waals surface area contributed by atoms with Crippen LogP contribution in [0.1, 0.15) is 12.0 Å². The second-order valence-corrected chi connectivity index (χ2v) is 8.15. The lowest BCUT2D eigenvalue weighted by Crippen LogP contribution is -2.24. The van der Waals surface area contributed by atoms with Gasteiger partial charge in [0.15, 0.2) is 17.4 Å². The number of halogens is 4. The number of hydrogen-bond acceptors (Lipinski definition) is 5. The van der Waals surface area contributed by atoms with Crippen LogP contribution in [0, 0.1) is 11.7 Å². The number of rotatable bonds is 8. The smallest absolute Gasteiger partial charge is 0.411 e. The third kappa shape index (κ3) is 6.00. The first kappa shape index (κ1) is 25.2. The van der Waals surface area contributed by atoms with Gasteiger partial charge in [-0.25, -0.2) is 9.07 Å². The van der Waals surface area contributed by atoms with E-state index in [4.69, 9.17) is 9.47 Å². The molecule has 36 heavy (non-hydrogen) atoms. The van der Waals surface area contributed by atoms with Crippen molar-refractivity contribution in [2.24, 2.45) is 5.92 Å². The topological polar surface area (TPSA) is 94.5 Å². The van der Waals surface area contributed by atoms with E-state index < -0.39 is 30.4 Å². The third-order valence-corrected chi connectivity index (χ3v) is 5.45. The van der Waals surface area contributed by atoms with E-state index in [1.54, 1.807) is 30.3 Å². The average molecular weight is 506 g/mol. The van der Waals surface area contributed by atoms with E-state index in [-0.39, 0.29) is 37.0 Å². The molecule has 190 valence electrons. The number of benzene rings is 2. The van der Waals surface area contributed by atoms with Gasteiger partial charge in [-0.1, -0.05) is 18.2 Å². The molecule has 1 saturated heterocycles. The second kappa shape index (κ2) is 10.4. The molecule has 0 spiro atoms. The molecule has 0 saturated carbocycles. The quantitative estimate of drug-likeness (QED) is 0.453. The van der Waals surface area contributed by atoms with Crippen molar-refractivity contribution in [3.8, 4) is 22.7 Å². The van der Waals surface area contributed by atoms with Crippen molar-refractivity contribution < 1.29 is 36.6 Å². The predicted molar refractivity (Wildman–Crippen MR) is 121 cm³/mol. The molecule has 4 rings (SSSR count). The Bertz CT molecular complexity index is 1280. The summed E-state index contributed by atoms with van der Waals surface area (Å²) >= 11 is 0. The Kier molecular flexibility index (Phi) is 7.25. The van der Waals surface area contributed by atoms with Crippen molar-refractivity contribution in [3.05, 3.63) is 59.9 Å². The highest BCUT2D eigenvalue weighted by Crippen LogP contribution is 2.30. The summed E-state index contributed by atoms with van der Waals surface area (Å²) in [5, 5.41) is 9.73. The number of hydrogen-bond donors (Lipinski definition) is 2. The lowest BCUT2D eigenvalue weighted by atomic mass is 10.1.